The molecule has 0 saturated carbocycles. The average molecular weight is 465 g/mol. The van der Waals surface area contributed by atoms with Gasteiger partial charge in [0, 0.05) is 15.1 Å². The lowest BCUT2D eigenvalue weighted by Gasteiger charge is -2.09. The lowest BCUT2D eigenvalue weighted by atomic mass is 10.2. The van der Waals surface area contributed by atoms with Crippen LogP contribution in [0, 0.1) is 3.57 Å². The maximum Gasteiger partial charge on any atom is 0.252 e. The van der Waals surface area contributed by atoms with E-state index < -0.39 is 10.0 Å². The standard InChI is InChI=1S/C15H14ClIN2O3S/c1-18-23(21,22)12-4-2-3-10(7-12)9-19-15(20)13-6-5-11(16)8-14(13)17/h2-8,18H,9H2,1H3,(H,19,20). The van der Waals surface area contributed by atoms with Crippen molar-refractivity contribution in [3.8, 4) is 0 Å². The molecular weight excluding hydrogens is 451 g/mol. The predicted octanol–water partition coefficient (Wildman–Crippen LogP) is 2.78. The first-order chi connectivity index (χ1) is 10.8. The zero-order chi connectivity index (χ0) is 17.0. The quantitative estimate of drug-likeness (QED) is 0.668. The third kappa shape index (κ3) is 4.66. The molecule has 0 heterocycles. The lowest BCUT2D eigenvalue weighted by Crippen LogP contribution is -2.24. The van der Waals surface area contributed by atoms with Crippen LogP contribution in [0.15, 0.2) is 47.4 Å². The smallest absolute Gasteiger partial charge is 0.252 e. The second-order valence-corrected chi connectivity index (χ2v) is 8.15. The van der Waals surface area contributed by atoms with Crippen molar-refractivity contribution in [1.82, 2.24) is 10.0 Å². The molecule has 5 nitrogen and oxygen atoms in total. The van der Waals surface area contributed by atoms with Crippen LogP contribution in [0.5, 0.6) is 0 Å². The summed E-state index contributed by atoms with van der Waals surface area (Å²) < 4.78 is 26.6. The molecule has 2 N–H and O–H groups in total. The van der Waals surface area contributed by atoms with Gasteiger partial charge in [-0.25, -0.2) is 13.1 Å². The molecule has 2 aromatic carbocycles. The fourth-order valence-electron chi connectivity index (χ4n) is 1.89. The molecule has 0 fully saturated rings. The lowest BCUT2D eigenvalue weighted by molar-refractivity contribution is 0.0950. The molecule has 0 radical (unpaired) electrons. The molecule has 0 aliphatic rings. The first-order valence-electron chi connectivity index (χ1n) is 6.59. The van der Waals surface area contributed by atoms with E-state index in [4.69, 9.17) is 11.6 Å². The van der Waals surface area contributed by atoms with Gasteiger partial charge in [-0.2, -0.15) is 0 Å². The highest BCUT2D eigenvalue weighted by Crippen LogP contribution is 2.18. The van der Waals surface area contributed by atoms with Crippen molar-refractivity contribution in [3.63, 3.8) is 0 Å². The number of rotatable bonds is 5. The van der Waals surface area contributed by atoms with Gasteiger partial charge in [-0.05, 0) is 65.5 Å². The van der Waals surface area contributed by atoms with Crippen LogP contribution in [0.3, 0.4) is 0 Å². The zero-order valence-electron chi connectivity index (χ0n) is 12.1. The Morgan fingerprint density at radius 2 is 1.96 bits per heavy atom. The summed E-state index contributed by atoms with van der Waals surface area (Å²) >= 11 is 7.91. The molecule has 2 aromatic rings. The van der Waals surface area contributed by atoms with Crippen molar-refractivity contribution in [2.45, 2.75) is 11.4 Å². The monoisotopic (exact) mass is 464 g/mol. The van der Waals surface area contributed by atoms with Crippen molar-refractivity contribution in [2.24, 2.45) is 0 Å². The van der Waals surface area contributed by atoms with Crippen molar-refractivity contribution >= 4 is 50.1 Å². The number of carbonyl (C=O) groups excluding carboxylic acids is 1. The van der Waals surface area contributed by atoms with E-state index in [0.717, 1.165) is 3.57 Å². The Morgan fingerprint density at radius 3 is 2.61 bits per heavy atom. The van der Waals surface area contributed by atoms with Gasteiger partial charge in [0.15, 0.2) is 0 Å². The van der Waals surface area contributed by atoms with Crippen LogP contribution in [0.2, 0.25) is 5.02 Å². The third-order valence-electron chi connectivity index (χ3n) is 3.11. The van der Waals surface area contributed by atoms with Gasteiger partial charge in [-0.1, -0.05) is 23.7 Å². The van der Waals surface area contributed by atoms with E-state index in [1.54, 1.807) is 30.3 Å². The summed E-state index contributed by atoms with van der Waals surface area (Å²) in [6.07, 6.45) is 0. The molecule has 8 heteroatoms. The Bertz CT molecular complexity index is 840. The van der Waals surface area contributed by atoms with Crippen LogP contribution < -0.4 is 10.0 Å². The maximum absolute atomic E-state index is 12.2. The minimum absolute atomic E-state index is 0.160. The first-order valence-corrected chi connectivity index (χ1v) is 9.53. The molecule has 0 aliphatic carbocycles. The minimum Gasteiger partial charge on any atom is -0.348 e. The van der Waals surface area contributed by atoms with Crippen LogP contribution in [0.4, 0.5) is 0 Å². The fraction of sp³-hybridized carbons (Fsp3) is 0.133. The number of carbonyl (C=O) groups is 1. The van der Waals surface area contributed by atoms with Gasteiger partial charge >= 0.3 is 0 Å². The maximum atomic E-state index is 12.2. The zero-order valence-corrected chi connectivity index (χ0v) is 15.9. The van der Waals surface area contributed by atoms with Crippen LogP contribution in [-0.2, 0) is 16.6 Å². The Balaban J connectivity index is 2.12. The van der Waals surface area contributed by atoms with Crippen molar-refractivity contribution in [1.29, 1.82) is 0 Å². The summed E-state index contributed by atoms with van der Waals surface area (Å²) in [4.78, 5) is 12.4. The summed E-state index contributed by atoms with van der Waals surface area (Å²) in [6.45, 7) is 0.227. The van der Waals surface area contributed by atoms with Crippen molar-refractivity contribution in [3.05, 3.63) is 62.2 Å². The van der Waals surface area contributed by atoms with Gasteiger partial charge in [-0.3, -0.25) is 4.79 Å². The third-order valence-corrected chi connectivity index (χ3v) is 5.65. The van der Waals surface area contributed by atoms with E-state index in [-0.39, 0.29) is 17.3 Å². The summed E-state index contributed by atoms with van der Waals surface area (Å²) in [5.74, 6) is -0.243. The number of hydrogen-bond acceptors (Lipinski definition) is 3. The summed E-state index contributed by atoms with van der Waals surface area (Å²) in [6, 6.07) is 11.4. The van der Waals surface area contributed by atoms with Gasteiger partial charge < -0.3 is 5.32 Å². The van der Waals surface area contributed by atoms with E-state index >= 15 is 0 Å². The van der Waals surface area contributed by atoms with E-state index in [9.17, 15) is 13.2 Å². The topological polar surface area (TPSA) is 75.3 Å². The number of benzene rings is 2. The molecule has 1 amide bonds. The molecule has 0 spiro atoms. The molecule has 0 unspecified atom stereocenters. The second kappa shape index (κ2) is 7.61. The molecule has 0 saturated heterocycles. The molecule has 0 aliphatic heterocycles. The van der Waals surface area contributed by atoms with Crippen molar-refractivity contribution < 1.29 is 13.2 Å². The number of sulfonamides is 1. The Kier molecular flexibility index (Phi) is 6.01. The largest absolute Gasteiger partial charge is 0.348 e. The molecule has 0 bridgehead atoms. The molecule has 0 atom stereocenters. The van der Waals surface area contributed by atoms with Gasteiger partial charge in [-0.15, -0.1) is 0 Å². The van der Waals surface area contributed by atoms with Crippen LogP contribution in [-0.4, -0.2) is 21.4 Å². The van der Waals surface area contributed by atoms with Crippen molar-refractivity contribution in [2.75, 3.05) is 7.05 Å². The Hall–Kier alpha value is -1.16. The Morgan fingerprint density at radius 1 is 1.22 bits per heavy atom. The molecular formula is C15H14ClIN2O3S. The molecule has 0 aromatic heterocycles. The van der Waals surface area contributed by atoms with Crippen LogP contribution in [0.25, 0.3) is 0 Å². The van der Waals surface area contributed by atoms with E-state index in [0.29, 0.717) is 16.1 Å². The summed E-state index contributed by atoms with van der Waals surface area (Å²) in [5.41, 5.74) is 1.22. The second-order valence-electron chi connectivity index (χ2n) is 4.66. The number of halogens is 2. The fourth-order valence-corrected chi connectivity index (χ4v) is 3.81. The summed E-state index contributed by atoms with van der Waals surface area (Å²) in [5, 5.41) is 3.34. The van der Waals surface area contributed by atoms with E-state index in [2.05, 4.69) is 10.0 Å². The normalized spacial score (nSPS) is 11.3. The highest BCUT2D eigenvalue weighted by molar-refractivity contribution is 14.1. The predicted molar refractivity (Wildman–Crippen MR) is 98.0 cm³/mol. The molecule has 122 valence electrons. The van der Waals surface area contributed by atoms with Crippen LogP contribution >= 0.6 is 34.2 Å². The highest BCUT2D eigenvalue weighted by Gasteiger charge is 2.13. The number of nitrogens with one attached hydrogen (secondary N) is 2. The summed E-state index contributed by atoms with van der Waals surface area (Å²) in [7, 11) is -2.15. The Labute approximate surface area is 153 Å². The van der Waals surface area contributed by atoms with Gasteiger partial charge in [0.05, 0.1) is 10.5 Å². The van der Waals surface area contributed by atoms with E-state index in [1.165, 1.54) is 19.2 Å². The SMILES string of the molecule is CNS(=O)(=O)c1cccc(CNC(=O)c2ccc(Cl)cc2I)c1. The number of amides is 1. The van der Waals surface area contributed by atoms with Gasteiger partial charge in [0.1, 0.15) is 0 Å². The molecule has 2 rings (SSSR count). The number of hydrogen-bond donors (Lipinski definition) is 2. The molecule has 23 heavy (non-hydrogen) atoms. The minimum atomic E-state index is -3.50. The van der Waals surface area contributed by atoms with E-state index in [1.807, 2.05) is 22.6 Å². The first kappa shape index (κ1) is 18.2. The average Bonchev–Trinajstić information content (AvgIpc) is 2.53. The van der Waals surface area contributed by atoms with Crippen LogP contribution in [0.1, 0.15) is 15.9 Å². The highest BCUT2D eigenvalue weighted by atomic mass is 127. The van der Waals surface area contributed by atoms with Gasteiger partial charge in [0.25, 0.3) is 5.91 Å². The van der Waals surface area contributed by atoms with Gasteiger partial charge in [0.2, 0.25) is 10.0 Å².